The van der Waals surface area contributed by atoms with Gasteiger partial charge in [0.1, 0.15) is 11.5 Å². The summed E-state index contributed by atoms with van der Waals surface area (Å²) in [6.07, 6.45) is 4.10. The maximum atomic E-state index is 9.96. The molecule has 1 aliphatic carbocycles. The SMILES string of the molecule is CCCCOc1ccc2c(c1)CCc1c(O)cccc1-2. The fourth-order valence-corrected chi connectivity index (χ4v) is 2.81. The van der Waals surface area contributed by atoms with E-state index in [0.717, 1.165) is 49.2 Å². The molecule has 3 rings (SSSR count). The largest absolute Gasteiger partial charge is 0.508 e. The number of rotatable bonds is 4. The first-order valence-corrected chi connectivity index (χ1v) is 7.36. The van der Waals surface area contributed by atoms with E-state index in [-0.39, 0.29) is 0 Å². The van der Waals surface area contributed by atoms with Crippen LogP contribution in [-0.4, -0.2) is 11.7 Å². The molecule has 2 aromatic carbocycles. The Morgan fingerprint density at radius 2 is 2.00 bits per heavy atom. The van der Waals surface area contributed by atoms with Gasteiger partial charge in [-0.3, -0.25) is 0 Å². The van der Waals surface area contributed by atoms with E-state index in [0.29, 0.717) is 5.75 Å². The van der Waals surface area contributed by atoms with E-state index in [9.17, 15) is 5.11 Å². The summed E-state index contributed by atoms with van der Waals surface area (Å²) in [5, 5.41) is 9.96. The van der Waals surface area contributed by atoms with Crippen molar-refractivity contribution in [1.82, 2.24) is 0 Å². The summed E-state index contributed by atoms with van der Waals surface area (Å²) >= 11 is 0. The number of phenolic OH excluding ortho intramolecular Hbond substituents is 1. The molecule has 20 heavy (non-hydrogen) atoms. The van der Waals surface area contributed by atoms with Crippen molar-refractivity contribution in [2.75, 3.05) is 6.61 Å². The van der Waals surface area contributed by atoms with Crippen molar-refractivity contribution in [2.24, 2.45) is 0 Å². The highest BCUT2D eigenvalue weighted by Crippen LogP contribution is 2.38. The fourth-order valence-electron chi connectivity index (χ4n) is 2.81. The fraction of sp³-hybridized carbons (Fsp3) is 0.333. The van der Waals surface area contributed by atoms with Gasteiger partial charge in [0.2, 0.25) is 0 Å². The summed E-state index contributed by atoms with van der Waals surface area (Å²) in [5.74, 6) is 1.37. The zero-order valence-electron chi connectivity index (χ0n) is 11.9. The van der Waals surface area contributed by atoms with Gasteiger partial charge in [-0.05, 0) is 54.2 Å². The molecule has 1 N–H and O–H groups in total. The molecule has 1 aliphatic rings. The molecule has 0 amide bonds. The number of phenols is 1. The van der Waals surface area contributed by atoms with Gasteiger partial charge in [-0.2, -0.15) is 0 Å². The number of hydrogen-bond acceptors (Lipinski definition) is 2. The molecule has 0 fully saturated rings. The summed E-state index contributed by atoms with van der Waals surface area (Å²) in [7, 11) is 0. The van der Waals surface area contributed by atoms with Gasteiger partial charge in [-0.15, -0.1) is 0 Å². The highest BCUT2D eigenvalue weighted by molar-refractivity contribution is 5.75. The number of benzene rings is 2. The Bertz CT molecular complexity index is 617. The van der Waals surface area contributed by atoms with Gasteiger partial charge in [-0.25, -0.2) is 0 Å². The van der Waals surface area contributed by atoms with E-state index in [1.807, 2.05) is 12.1 Å². The Morgan fingerprint density at radius 3 is 2.85 bits per heavy atom. The normalized spacial score (nSPS) is 12.7. The quantitative estimate of drug-likeness (QED) is 0.836. The minimum atomic E-state index is 0.413. The molecule has 0 aliphatic heterocycles. The third kappa shape index (κ3) is 2.38. The zero-order chi connectivity index (χ0) is 13.9. The van der Waals surface area contributed by atoms with Crippen molar-refractivity contribution in [3.05, 3.63) is 47.5 Å². The van der Waals surface area contributed by atoms with E-state index in [1.54, 1.807) is 6.07 Å². The van der Waals surface area contributed by atoms with Gasteiger partial charge < -0.3 is 9.84 Å². The lowest BCUT2D eigenvalue weighted by molar-refractivity contribution is 0.309. The minimum absolute atomic E-state index is 0.413. The van der Waals surface area contributed by atoms with Gasteiger partial charge in [0, 0.05) is 5.56 Å². The van der Waals surface area contributed by atoms with Crippen LogP contribution in [0, 0.1) is 0 Å². The van der Waals surface area contributed by atoms with Crippen molar-refractivity contribution >= 4 is 0 Å². The Morgan fingerprint density at radius 1 is 1.10 bits per heavy atom. The molecule has 0 saturated heterocycles. The van der Waals surface area contributed by atoms with Gasteiger partial charge in [0.25, 0.3) is 0 Å². The molecule has 0 aromatic heterocycles. The lowest BCUT2D eigenvalue weighted by Crippen LogP contribution is -2.05. The first-order chi connectivity index (χ1) is 9.79. The van der Waals surface area contributed by atoms with Crippen LogP contribution in [0.15, 0.2) is 36.4 Å². The maximum absolute atomic E-state index is 9.96. The Labute approximate surface area is 120 Å². The summed E-state index contributed by atoms with van der Waals surface area (Å²) in [5.41, 5.74) is 4.77. The lowest BCUT2D eigenvalue weighted by atomic mass is 9.85. The van der Waals surface area contributed by atoms with Crippen LogP contribution in [0.5, 0.6) is 11.5 Å². The average Bonchev–Trinajstić information content (AvgIpc) is 2.47. The van der Waals surface area contributed by atoms with Crippen LogP contribution in [0.4, 0.5) is 0 Å². The highest BCUT2D eigenvalue weighted by atomic mass is 16.5. The van der Waals surface area contributed by atoms with Crippen molar-refractivity contribution in [1.29, 1.82) is 0 Å². The van der Waals surface area contributed by atoms with Crippen molar-refractivity contribution in [2.45, 2.75) is 32.6 Å². The van der Waals surface area contributed by atoms with Gasteiger partial charge in [-0.1, -0.05) is 31.5 Å². The molecular formula is C18H20O2. The second-order valence-corrected chi connectivity index (χ2v) is 5.32. The number of aryl methyl sites for hydroxylation is 1. The summed E-state index contributed by atoms with van der Waals surface area (Å²) < 4.78 is 5.77. The third-order valence-corrected chi connectivity index (χ3v) is 3.93. The van der Waals surface area contributed by atoms with E-state index < -0.39 is 0 Å². The number of unbranched alkanes of at least 4 members (excludes halogenated alkanes) is 1. The monoisotopic (exact) mass is 268 g/mol. The van der Waals surface area contributed by atoms with Crippen LogP contribution in [0.25, 0.3) is 11.1 Å². The first-order valence-electron chi connectivity index (χ1n) is 7.36. The standard InChI is InChI=1S/C18H20O2/c1-2-3-11-20-14-8-10-15-13(12-14)7-9-17-16(15)5-4-6-18(17)19/h4-6,8,10,12,19H,2-3,7,9,11H2,1H3. The molecule has 2 heteroatoms. The number of fused-ring (bicyclic) bond motifs is 3. The van der Waals surface area contributed by atoms with Crippen LogP contribution < -0.4 is 4.74 Å². The molecule has 0 bridgehead atoms. The minimum Gasteiger partial charge on any atom is -0.508 e. The van der Waals surface area contributed by atoms with Gasteiger partial charge in [0.05, 0.1) is 6.61 Å². The Hall–Kier alpha value is -1.96. The maximum Gasteiger partial charge on any atom is 0.119 e. The second kappa shape index (κ2) is 5.58. The van der Waals surface area contributed by atoms with E-state index >= 15 is 0 Å². The van der Waals surface area contributed by atoms with Crippen molar-refractivity contribution in [3.8, 4) is 22.6 Å². The molecule has 0 spiro atoms. The zero-order valence-corrected chi connectivity index (χ0v) is 11.9. The van der Waals surface area contributed by atoms with Crippen LogP contribution in [0.3, 0.4) is 0 Å². The van der Waals surface area contributed by atoms with E-state index in [2.05, 4.69) is 25.1 Å². The highest BCUT2D eigenvalue weighted by Gasteiger charge is 2.18. The Kier molecular flexibility index (Phi) is 3.64. The first kappa shape index (κ1) is 13.0. The molecule has 0 atom stereocenters. The molecule has 2 aromatic rings. The van der Waals surface area contributed by atoms with Crippen LogP contribution in [0.1, 0.15) is 30.9 Å². The molecule has 104 valence electrons. The molecular weight excluding hydrogens is 248 g/mol. The van der Waals surface area contributed by atoms with Gasteiger partial charge >= 0.3 is 0 Å². The smallest absolute Gasteiger partial charge is 0.119 e. The Balaban J connectivity index is 1.91. The van der Waals surface area contributed by atoms with Crippen LogP contribution in [-0.2, 0) is 12.8 Å². The predicted molar refractivity (Wildman–Crippen MR) is 81.4 cm³/mol. The third-order valence-electron chi connectivity index (χ3n) is 3.93. The van der Waals surface area contributed by atoms with Crippen molar-refractivity contribution < 1.29 is 9.84 Å². The molecule has 2 nitrogen and oxygen atoms in total. The molecule has 0 heterocycles. The second-order valence-electron chi connectivity index (χ2n) is 5.32. The van der Waals surface area contributed by atoms with E-state index in [4.69, 9.17) is 4.74 Å². The predicted octanol–water partition coefficient (Wildman–Crippen LogP) is 4.34. The van der Waals surface area contributed by atoms with Gasteiger partial charge in [0.15, 0.2) is 0 Å². The molecule has 0 unspecified atom stereocenters. The van der Waals surface area contributed by atoms with E-state index in [1.165, 1.54) is 11.1 Å². The summed E-state index contributed by atoms with van der Waals surface area (Å²) in [6, 6.07) is 12.1. The lowest BCUT2D eigenvalue weighted by Gasteiger charge is -2.21. The average molecular weight is 268 g/mol. The summed E-state index contributed by atoms with van der Waals surface area (Å²) in [4.78, 5) is 0. The number of ether oxygens (including phenoxy) is 1. The van der Waals surface area contributed by atoms with Crippen LogP contribution in [0.2, 0.25) is 0 Å². The van der Waals surface area contributed by atoms with Crippen molar-refractivity contribution in [3.63, 3.8) is 0 Å². The number of hydrogen-bond donors (Lipinski definition) is 1. The number of aromatic hydroxyl groups is 1. The summed E-state index contributed by atoms with van der Waals surface area (Å²) in [6.45, 7) is 2.95. The molecule has 0 saturated carbocycles. The van der Waals surface area contributed by atoms with Crippen LogP contribution >= 0.6 is 0 Å². The molecule has 0 radical (unpaired) electrons. The topological polar surface area (TPSA) is 29.5 Å².